The van der Waals surface area contributed by atoms with Crippen molar-refractivity contribution >= 4 is 16.0 Å². The molecule has 19 heavy (non-hydrogen) atoms. The van der Waals surface area contributed by atoms with Crippen LogP contribution in [-0.4, -0.2) is 38.7 Å². The fraction of sp³-hybridized carbons (Fsp3) is 0.417. The standard InChI is InChI=1S/C12H17NO5S/c1-3-18-8-9(2)13-19(16,17)11-6-4-5-10(7-11)12(14)15/h4-7,9,13H,3,8H2,1-2H3,(H,14,15). The Kier molecular flexibility index (Phi) is 5.46. The first-order valence-electron chi connectivity index (χ1n) is 5.80. The van der Waals surface area contributed by atoms with Crippen molar-refractivity contribution in [3.8, 4) is 0 Å². The number of aromatic carboxylic acids is 1. The van der Waals surface area contributed by atoms with E-state index in [1.165, 1.54) is 18.2 Å². The summed E-state index contributed by atoms with van der Waals surface area (Å²) in [4.78, 5) is 10.7. The second kappa shape index (κ2) is 6.65. The second-order valence-corrected chi connectivity index (χ2v) is 5.73. The maximum absolute atomic E-state index is 12.0. The molecule has 1 rings (SSSR count). The van der Waals surface area contributed by atoms with Crippen LogP contribution < -0.4 is 4.72 Å². The Labute approximate surface area is 112 Å². The van der Waals surface area contributed by atoms with E-state index in [-0.39, 0.29) is 17.1 Å². The van der Waals surface area contributed by atoms with Crippen LogP contribution in [0.4, 0.5) is 0 Å². The highest BCUT2D eigenvalue weighted by Gasteiger charge is 2.18. The van der Waals surface area contributed by atoms with Gasteiger partial charge in [-0.05, 0) is 32.0 Å². The Morgan fingerprint density at radius 3 is 2.74 bits per heavy atom. The Morgan fingerprint density at radius 2 is 2.16 bits per heavy atom. The summed E-state index contributed by atoms with van der Waals surface area (Å²) in [5, 5.41) is 8.84. The highest BCUT2D eigenvalue weighted by molar-refractivity contribution is 7.89. The van der Waals surface area contributed by atoms with Crippen molar-refractivity contribution in [1.29, 1.82) is 0 Å². The molecule has 0 radical (unpaired) electrons. The summed E-state index contributed by atoms with van der Waals surface area (Å²) < 4.78 is 31.6. The minimum Gasteiger partial charge on any atom is -0.478 e. The minimum atomic E-state index is -3.74. The van der Waals surface area contributed by atoms with Gasteiger partial charge in [-0.15, -0.1) is 0 Å². The third-order valence-electron chi connectivity index (χ3n) is 2.32. The van der Waals surface area contributed by atoms with Crippen molar-refractivity contribution in [2.45, 2.75) is 24.8 Å². The molecule has 0 amide bonds. The highest BCUT2D eigenvalue weighted by Crippen LogP contribution is 2.12. The summed E-state index contributed by atoms with van der Waals surface area (Å²) >= 11 is 0. The smallest absolute Gasteiger partial charge is 0.335 e. The number of benzene rings is 1. The monoisotopic (exact) mass is 287 g/mol. The van der Waals surface area contributed by atoms with Crippen molar-refractivity contribution in [1.82, 2.24) is 4.72 Å². The molecule has 0 aliphatic carbocycles. The average molecular weight is 287 g/mol. The van der Waals surface area contributed by atoms with Gasteiger partial charge in [-0.3, -0.25) is 0 Å². The van der Waals surface area contributed by atoms with Crippen molar-refractivity contribution in [3.05, 3.63) is 29.8 Å². The molecule has 6 nitrogen and oxygen atoms in total. The third-order valence-corrected chi connectivity index (χ3v) is 3.91. The van der Waals surface area contributed by atoms with Gasteiger partial charge in [-0.2, -0.15) is 0 Å². The van der Waals surface area contributed by atoms with E-state index in [0.29, 0.717) is 6.61 Å². The number of hydrogen-bond donors (Lipinski definition) is 2. The molecule has 0 fully saturated rings. The molecular weight excluding hydrogens is 270 g/mol. The number of carbonyl (C=O) groups is 1. The van der Waals surface area contributed by atoms with Crippen LogP contribution in [0.1, 0.15) is 24.2 Å². The van der Waals surface area contributed by atoms with E-state index in [9.17, 15) is 13.2 Å². The molecule has 0 bridgehead atoms. The molecule has 1 aromatic carbocycles. The highest BCUT2D eigenvalue weighted by atomic mass is 32.2. The molecule has 0 saturated heterocycles. The maximum Gasteiger partial charge on any atom is 0.335 e. The number of ether oxygens (including phenoxy) is 1. The number of carboxylic acids is 1. The molecule has 0 aromatic heterocycles. The zero-order chi connectivity index (χ0) is 14.5. The van der Waals surface area contributed by atoms with E-state index in [0.717, 1.165) is 6.07 Å². The molecule has 0 aliphatic rings. The molecule has 1 atom stereocenters. The molecule has 1 unspecified atom stereocenters. The molecule has 0 saturated carbocycles. The summed E-state index contributed by atoms with van der Waals surface area (Å²) in [6.45, 7) is 4.25. The van der Waals surface area contributed by atoms with Crippen LogP contribution in [0.15, 0.2) is 29.2 Å². The maximum atomic E-state index is 12.0. The van der Waals surface area contributed by atoms with Gasteiger partial charge in [0.25, 0.3) is 0 Å². The zero-order valence-corrected chi connectivity index (χ0v) is 11.6. The summed E-state index contributed by atoms with van der Waals surface area (Å²) in [6, 6.07) is 4.81. The average Bonchev–Trinajstić information content (AvgIpc) is 2.36. The SMILES string of the molecule is CCOCC(C)NS(=O)(=O)c1cccc(C(=O)O)c1. The van der Waals surface area contributed by atoms with Crippen LogP contribution in [0.25, 0.3) is 0 Å². The quantitative estimate of drug-likeness (QED) is 0.783. The van der Waals surface area contributed by atoms with Gasteiger partial charge in [0, 0.05) is 12.6 Å². The van der Waals surface area contributed by atoms with Gasteiger partial charge < -0.3 is 9.84 Å². The number of rotatable bonds is 7. The van der Waals surface area contributed by atoms with Crippen LogP contribution >= 0.6 is 0 Å². The van der Waals surface area contributed by atoms with E-state index in [1.807, 2.05) is 6.92 Å². The summed E-state index contributed by atoms with van der Waals surface area (Å²) in [5.41, 5.74) is -0.0691. The number of sulfonamides is 1. The van der Waals surface area contributed by atoms with Gasteiger partial charge in [0.05, 0.1) is 17.1 Å². The van der Waals surface area contributed by atoms with Gasteiger partial charge in [0.1, 0.15) is 0 Å². The lowest BCUT2D eigenvalue weighted by atomic mass is 10.2. The normalized spacial score (nSPS) is 13.2. The zero-order valence-electron chi connectivity index (χ0n) is 10.8. The van der Waals surface area contributed by atoms with Crippen molar-refractivity contribution < 1.29 is 23.1 Å². The first-order chi connectivity index (χ1) is 8.86. The predicted octanol–water partition coefficient (Wildman–Crippen LogP) is 1.09. The van der Waals surface area contributed by atoms with Gasteiger partial charge in [0.2, 0.25) is 10.0 Å². The lowest BCUT2D eigenvalue weighted by Crippen LogP contribution is -2.35. The molecule has 2 N–H and O–H groups in total. The lowest BCUT2D eigenvalue weighted by molar-refractivity contribution is 0.0696. The van der Waals surface area contributed by atoms with Gasteiger partial charge in [0.15, 0.2) is 0 Å². The Balaban J connectivity index is 2.88. The number of carboxylic acid groups (broad SMARTS) is 1. The van der Waals surface area contributed by atoms with E-state index in [1.54, 1.807) is 6.92 Å². The second-order valence-electron chi connectivity index (χ2n) is 4.01. The van der Waals surface area contributed by atoms with Crippen LogP contribution in [-0.2, 0) is 14.8 Å². The summed E-state index contributed by atoms with van der Waals surface area (Å²) in [5.74, 6) is -1.17. The van der Waals surface area contributed by atoms with Crippen molar-refractivity contribution in [2.24, 2.45) is 0 Å². The van der Waals surface area contributed by atoms with E-state index in [2.05, 4.69) is 4.72 Å². The van der Waals surface area contributed by atoms with Gasteiger partial charge in [-0.25, -0.2) is 17.9 Å². The van der Waals surface area contributed by atoms with Crippen LogP contribution in [0, 0.1) is 0 Å². The van der Waals surface area contributed by atoms with E-state index >= 15 is 0 Å². The van der Waals surface area contributed by atoms with Crippen LogP contribution in [0.3, 0.4) is 0 Å². The fourth-order valence-corrected chi connectivity index (χ4v) is 2.73. The molecular formula is C12H17NO5S. The largest absolute Gasteiger partial charge is 0.478 e. The summed E-state index contributed by atoms with van der Waals surface area (Å²) in [7, 11) is -3.74. The molecule has 106 valence electrons. The van der Waals surface area contributed by atoms with Gasteiger partial charge in [-0.1, -0.05) is 6.07 Å². The van der Waals surface area contributed by atoms with E-state index in [4.69, 9.17) is 9.84 Å². The van der Waals surface area contributed by atoms with E-state index < -0.39 is 22.0 Å². The van der Waals surface area contributed by atoms with Crippen LogP contribution in [0.2, 0.25) is 0 Å². The minimum absolute atomic E-state index is 0.0691. The fourth-order valence-electron chi connectivity index (χ4n) is 1.46. The topological polar surface area (TPSA) is 92.7 Å². The molecule has 7 heteroatoms. The first-order valence-corrected chi connectivity index (χ1v) is 7.28. The summed E-state index contributed by atoms with van der Waals surface area (Å²) in [6.07, 6.45) is 0. The lowest BCUT2D eigenvalue weighted by Gasteiger charge is -2.14. The Hall–Kier alpha value is -1.44. The first kappa shape index (κ1) is 15.6. The van der Waals surface area contributed by atoms with Gasteiger partial charge >= 0.3 is 5.97 Å². The molecule has 0 spiro atoms. The molecule has 0 aliphatic heterocycles. The van der Waals surface area contributed by atoms with Crippen molar-refractivity contribution in [3.63, 3.8) is 0 Å². The van der Waals surface area contributed by atoms with Crippen molar-refractivity contribution in [2.75, 3.05) is 13.2 Å². The molecule has 0 heterocycles. The molecule has 1 aromatic rings. The third kappa shape index (κ3) is 4.62. The Bertz CT molecular complexity index is 541. The number of nitrogens with one attached hydrogen (secondary N) is 1. The van der Waals surface area contributed by atoms with Crippen LogP contribution in [0.5, 0.6) is 0 Å². The Morgan fingerprint density at radius 1 is 1.47 bits per heavy atom. The number of hydrogen-bond acceptors (Lipinski definition) is 4. The predicted molar refractivity (Wildman–Crippen MR) is 69.7 cm³/mol.